The number of hydrogen-bond donors (Lipinski definition) is 0. The van der Waals surface area contributed by atoms with Crippen LogP contribution in [0.4, 0.5) is 5.69 Å². The van der Waals surface area contributed by atoms with Gasteiger partial charge in [0.1, 0.15) is 0 Å². The van der Waals surface area contributed by atoms with Crippen molar-refractivity contribution in [2.45, 2.75) is 6.92 Å². The highest BCUT2D eigenvalue weighted by molar-refractivity contribution is 6.04. The lowest BCUT2D eigenvalue weighted by Gasteiger charge is -2.24. The van der Waals surface area contributed by atoms with Crippen LogP contribution in [0.2, 0.25) is 0 Å². The van der Waals surface area contributed by atoms with Gasteiger partial charge < -0.3 is 4.90 Å². The molecule has 0 unspecified atom stereocenters. The molecule has 0 aliphatic carbocycles. The molecule has 18 heavy (non-hydrogen) atoms. The SMILES string of the molecule is C=CCN(CC=C)c1cc(C(=O)C=C)ccc1C. The van der Waals surface area contributed by atoms with E-state index in [1.807, 2.05) is 37.3 Å². The summed E-state index contributed by atoms with van der Waals surface area (Å²) in [4.78, 5) is 13.8. The van der Waals surface area contributed by atoms with Gasteiger partial charge >= 0.3 is 0 Å². The van der Waals surface area contributed by atoms with E-state index in [0.29, 0.717) is 5.56 Å². The Morgan fingerprint density at radius 2 is 1.83 bits per heavy atom. The van der Waals surface area contributed by atoms with Crippen LogP contribution in [0.5, 0.6) is 0 Å². The van der Waals surface area contributed by atoms with Crippen molar-refractivity contribution in [2.24, 2.45) is 0 Å². The van der Waals surface area contributed by atoms with E-state index in [9.17, 15) is 4.79 Å². The third-order valence-corrected chi connectivity index (χ3v) is 2.72. The van der Waals surface area contributed by atoms with Crippen LogP contribution in [0, 0.1) is 6.92 Å². The summed E-state index contributed by atoms with van der Waals surface area (Å²) < 4.78 is 0. The zero-order valence-electron chi connectivity index (χ0n) is 10.9. The minimum atomic E-state index is -0.0617. The summed E-state index contributed by atoms with van der Waals surface area (Å²) in [5.74, 6) is -0.0617. The molecular weight excluding hydrogens is 222 g/mol. The van der Waals surface area contributed by atoms with Crippen molar-refractivity contribution in [2.75, 3.05) is 18.0 Å². The molecule has 1 aromatic rings. The standard InChI is InChI=1S/C16H19NO/c1-5-10-17(11-6-2)15-12-14(16(18)7-3)9-8-13(15)4/h5-9,12H,1-3,10-11H2,4H3. The van der Waals surface area contributed by atoms with Crippen LogP contribution in [0.25, 0.3) is 0 Å². The largest absolute Gasteiger partial charge is 0.364 e. The molecule has 0 amide bonds. The van der Waals surface area contributed by atoms with E-state index in [2.05, 4.69) is 24.6 Å². The maximum Gasteiger partial charge on any atom is 0.185 e. The molecule has 0 fully saturated rings. The fourth-order valence-electron chi connectivity index (χ4n) is 1.80. The van der Waals surface area contributed by atoms with Gasteiger partial charge in [-0.25, -0.2) is 0 Å². The quantitative estimate of drug-likeness (QED) is 0.413. The highest BCUT2D eigenvalue weighted by Crippen LogP contribution is 2.22. The van der Waals surface area contributed by atoms with Crippen molar-refractivity contribution in [3.8, 4) is 0 Å². The van der Waals surface area contributed by atoms with Gasteiger partial charge in [0, 0.05) is 24.3 Å². The molecule has 94 valence electrons. The molecule has 2 nitrogen and oxygen atoms in total. The van der Waals surface area contributed by atoms with Crippen molar-refractivity contribution in [1.29, 1.82) is 0 Å². The Labute approximate surface area is 109 Å². The predicted octanol–water partition coefficient (Wildman–Crippen LogP) is 3.54. The van der Waals surface area contributed by atoms with Gasteiger partial charge in [-0.05, 0) is 24.6 Å². The minimum Gasteiger partial charge on any atom is -0.364 e. The molecule has 0 N–H and O–H groups in total. The summed E-state index contributed by atoms with van der Waals surface area (Å²) in [6, 6.07) is 5.67. The first kappa shape index (κ1) is 14.0. The van der Waals surface area contributed by atoms with Crippen molar-refractivity contribution >= 4 is 11.5 Å². The zero-order chi connectivity index (χ0) is 13.5. The van der Waals surface area contributed by atoms with Gasteiger partial charge in [-0.1, -0.05) is 30.9 Å². The van der Waals surface area contributed by atoms with E-state index >= 15 is 0 Å². The first-order valence-electron chi connectivity index (χ1n) is 5.88. The Bertz CT molecular complexity index is 464. The van der Waals surface area contributed by atoms with Crippen LogP contribution in [0.3, 0.4) is 0 Å². The molecule has 1 rings (SSSR count). The lowest BCUT2D eigenvalue weighted by atomic mass is 10.1. The molecule has 0 saturated carbocycles. The summed E-state index contributed by atoms with van der Waals surface area (Å²) >= 11 is 0. The fourth-order valence-corrected chi connectivity index (χ4v) is 1.80. The average Bonchev–Trinajstić information content (AvgIpc) is 2.38. The maximum absolute atomic E-state index is 11.6. The Hall–Kier alpha value is -2.09. The van der Waals surface area contributed by atoms with E-state index in [0.717, 1.165) is 24.3 Å². The smallest absolute Gasteiger partial charge is 0.185 e. The van der Waals surface area contributed by atoms with Crippen LogP contribution in [0.15, 0.2) is 56.2 Å². The molecule has 0 aliphatic rings. The van der Waals surface area contributed by atoms with Crippen molar-refractivity contribution < 1.29 is 4.79 Å². The second-order valence-corrected chi connectivity index (χ2v) is 4.05. The number of aryl methyl sites for hydroxylation is 1. The number of carbonyl (C=O) groups excluding carboxylic acids is 1. The van der Waals surface area contributed by atoms with Crippen LogP contribution in [0.1, 0.15) is 15.9 Å². The van der Waals surface area contributed by atoms with Gasteiger partial charge in [0.2, 0.25) is 0 Å². The number of rotatable bonds is 7. The number of anilines is 1. The molecule has 0 spiro atoms. The Morgan fingerprint density at radius 1 is 1.22 bits per heavy atom. The summed E-state index contributed by atoms with van der Waals surface area (Å²) in [5, 5.41) is 0. The van der Waals surface area contributed by atoms with Crippen molar-refractivity contribution in [3.05, 3.63) is 67.3 Å². The molecule has 0 radical (unpaired) electrons. The number of nitrogens with zero attached hydrogens (tertiary/aromatic N) is 1. The molecule has 0 bridgehead atoms. The van der Waals surface area contributed by atoms with E-state index < -0.39 is 0 Å². The van der Waals surface area contributed by atoms with Crippen molar-refractivity contribution in [3.63, 3.8) is 0 Å². The molecule has 0 heterocycles. The molecule has 0 atom stereocenters. The second kappa shape index (κ2) is 6.60. The lowest BCUT2D eigenvalue weighted by molar-refractivity contribution is 0.104. The highest BCUT2D eigenvalue weighted by Gasteiger charge is 2.09. The van der Waals surface area contributed by atoms with Gasteiger partial charge in [-0.15, -0.1) is 13.2 Å². The fraction of sp³-hybridized carbons (Fsp3) is 0.188. The minimum absolute atomic E-state index is 0.0617. The van der Waals surface area contributed by atoms with Crippen LogP contribution in [-0.2, 0) is 0 Å². The first-order valence-corrected chi connectivity index (χ1v) is 5.88. The molecule has 2 heteroatoms. The van der Waals surface area contributed by atoms with Gasteiger partial charge in [-0.2, -0.15) is 0 Å². The average molecular weight is 241 g/mol. The Balaban J connectivity index is 3.18. The number of ketones is 1. The maximum atomic E-state index is 11.6. The summed E-state index contributed by atoms with van der Waals surface area (Å²) in [7, 11) is 0. The van der Waals surface area contributed by atoms with Crippen molar-refractivity contribution in [1.82, 2.24) is 0 Å². The Kier molecular flexibility index (Phi) is 5.12. The monoisotopic (exact) mass is 241 g/mol. The van der Waals surface area contributed by atoms with Gasteiger partial charge in [0.05, 0.1) is 0 Å². The van der Waals surface area contributed by atoms with Crippen LogP contribution in [-0.4, -0.2) is 18.9 Å². The highest BCUT2D eigenvalue weighted by atomic mass is 16.1. The van der Waals surface area contributed by atoms with E-state index in [4.69, 9.17) is 0 Å². The van der Waals surface area contributed by atoms with Gasteiger partial charge in [0.25, 0.3) is 0 Å². The number of hydrogen-bond acceptors (Lipinski definition) is 2. The summed E-state index contributed by atoms with van der Waals surface area (Å²) in [6.45, 7) is 14.5. The van der Waals surface area contributed by atoms with Crippen LogP contribution < -0.4 is 4.90 Å². The summed E-state index contributed by atoms with van der Waals surface area (Å²) in [6.07, 6.45) is 5.01. The van der Waals surface area contributed by atoms with E-state index in [1.54, 1.807) is 0 Å². The summed E-state index contributed by atoms with van der Waals surface area (Å²) in [5.41, 5.74) is 2.81. The molecule has 1 aromatic carbocycles. The molecule has 0 aromatic heterocycles. The topological polar surface area (TPSA) is 20.3 Å². The van der Waals surface area contributed by atoms with E-state index in [1.165, 1.54) is 6.08 Å². The zero-order valence-corrected chi connectivity index (χ0v) is 10.9. The third kappa shape index (κ3) is 3.20. The van der Waals surface area contributed by atoms with Crippen LogP contribution >= 0.6 is 0 Å². The van der Waals surface area contributed by atoms with E-state index in [-0.39, 0.29) is 5.78 Å². The Morgan fingerprint density at radius 3 is 2.33 bits per heavy atom. The second-order valence-electron chi connectivity index (χ2n) is 4.05. The van der Waals surface area contributed by atoms with Gasteiger partial charge in [-0.3, -0.25) is 4.79 Å². The first-order chi connectivity index (χ1) is 8.63. The van der Waals surface area contributed by atoms with Gasteiger partial charge in [0.15, 0.2) is 5.78 Å². The predicted molar refractivity (Wildman–Crippen MR) is 78.3 cm³/mol. The normalized spacial score (nSPS) is 9.61. The number of carbonyl (C=O) groups is 1. The third-order valence-electron chi connectivity index (χ3n) is 2.72. The molecular formula is C16H19NO. The molecule has 0 saturated heterocycles. The number of allylic oxidation sites excluding steroid dienone is 1. The molecule has 0 aliphatic heterocycles. The lowest BCUT2D eigenvalue weighted by Crippen LogP contribution is -2.24. The number of benzene rings is 1.